The van der Waals surface area contributed by atoms with Crippen LogP contribution in [-0.4, -0.2) is 43.1 Å². The van der Waals surface area contributed by atoms with Gasteiger partial charge in [0.1, 0.15) is 0 Å². The summed E-state index contributed by atoms with van der Waals surface area (Å²) in [5.74, 6) is -0.268. The van der Waals surface area contributed by atoms with E-state index in [-0.39, 0.29) is 30.9 Å². The van der Waals surface area contributed by atoms with Gasteiger partial charge < -0.3 is 10.6 Å². The highest BCUT2D eigenvalue weighted by atomic mass is 32.2. The van der Waals surface area contributed by atoms with Gasteiger partial charge in [-0.1, -0.05) is 66.7 Å². The lowest BCUT2D eigenvalue weighted by molar-refractivity contribution is -0.123. The fourth-order valence-corrected chi connectivity index (χ4v) is 4.00. The zero-order chi connectivity index (χ0) is 22.9. The Morgan fingerprint density at radius 1 is 0.844 bits per heavy atom. The first kappa shape index (κ1) is 23.6. The third-order valence-corrected chi connectivity index (χ3v) is 5.90. The molecule has 0 bridgehead atoms. The molecule has 0 saturated carbocycles. The van der Waals surface area contributed by atoms with Crippen molar-refractivity contribution < 1.29 is 9.59 Å². The third kappa shape index (κ3) is 6.70. The highest BCUT2D eigenvalue weighted by Crippen LogP contribution is 2.24. The fraction of sp³-hybridized carbons (Fsp3) is 0.231. The molecule has 3 aromatic rings. The van der Waals surface area contributed by atoms with E-state index in [1.165, 1.54) is 0 Å². The van der Waals surface area contributed by atoms with Crippen molar-refractivity contribution in [1.29, 1.82) is 0 Å². The zero-order valence-corrected chi connectivity index (χ0v) is 19.5. The molecule has 5 nitrogen and oxygen atoms in total. The molecule has 0 spiro atoms. The largest absolute Gasteiger partial charge is 0.348 e. The number of hydrogen-bond acceptors (Lipinski definition) is 4. The number of carbonyl (C=O) groups excluding carboxylic acids is 2. The van der Waals surface area contributed by atoms with E-state index in [0.29, 0.717) is 0 Å². The summed E-state index contributed by atoms with van der Waals surface area (Å²) in [6.07, 6.45) is 1.97. The Bertz CT molecular complexity index is 1040. The lowest BCUT2D eigenvalue weighted by Crippen LogP contribution is -2.39. The predicted molar refractivity (Wildman–Crippen MR) is 133 cm³/mol. The molecule has 2 N–H and O–H groups in total. The van der Waals surface area contributed by atoms with Gasteiger partial charge in [0.25, 0.3) is 0 Å². The second-order valence-corrected chi connectivity index (χ2v) is 8.55. The fourth-order valence-electron chi connectivity index (χ4n) is 3.45. The van der Waals surface area contributed by atoms with Crippen molar-refractivity contribution in [2.24, 2.45) is 0 Å². The van der Waals surface area contributed by atoms with E-state index in [1.807, 2.05) is 67.8 Å². The topological polar surface area (TPSA) is 61.4 Å². The molecule has 2 amide bonds. The Kier molecular flexibility index (Phi) is 8.48. The molecule has 0 heterocycles. The summed E-state index contributed by atoms with van der Waals surface area (Å²) in [5.41, 5.74) is 4.12. The van der Waals surface area contributed by atoms with Crippen molar-refractivity contribution in [3.05, 3.63) is 84.4 Å². The van der Waals surface area contributed by atoms with Crippen LogP contribution in [0.15, 0.2) is 83.8 Å². The first-order chi connectivity index (χ1) is 15.5. The van der Waals surface area contributed by atoms with Gasteiger partial charge in [0.15, 0.2) is 0 Å². The van der Waals surface area contributed by atoms with Gasteiger partial charge in [-0.25, -0.2) is 0 Å². The van der Waals surface area contributed by atoms with Crippen molar-refractivity contribution in [2.75, 3.05) is 31.7 Å². The van der Waals surface area contributed by atoms with E-state index >= 15 is 0 Å². The minimum Gasteiger partial charge on any atom is -0.348 e. The molecule has 0 radical (unpaired) electrons. The maximum atomic E-state index is 12.5. The predicted octanol–water partition coefficient (Wildman–Crippen LogP) is 4.82. The maximum absolute atomic E-state index is 12.5. The van der Waals surface area contributed by atoms with Crippen molar-refractivity contribution in [2.45, 2.75) is 17.9 Å². The van der Waals surface area contributed by atoms with Gasteiger partial charge in [0.05, 0.1) is 24.8 Å². The maximum Gasteiger partial charge on any atom is 0.238 e. The SMILES string of the molecule is CSc1ccccc1NC(=O)CN(C)CC(=O)N[C@@H](C)c1ccc(-c2ccccc2)cc1. The number of amides is 2. The molecule has 6 heteroatoms. The van der Waals surface area contributed by atoms with E-state index in [2.05, 4.69) is 34.9 Å². The Morgan fingerprint density at radius 2 is 1.44 bits per heavy atom. The average Bonchev–Trinajstić information content (AvgIpc) is 2.79. The highest BCUT2D eigenvalue weighted by Gasteiger charge is 2.14. The second-order valence-electron chi connectivity index (χ2n) is 7.70. The Labute approximate surface area is 194 Å². The molecule has 0 aromatic heterocycles. The van der Waals surface area contributed by atoms with Crippen LogP contribution >= 0.6 is 11.8 Å². The molecule has 0 unspecified atom stereocenters. The molecule has 0 aliphatic carbocycles. The van der Waals surface area contributed by atoms with E-state index < -0.39 is 0 Å². The molecule has 3 rings (SSSR count). The van der Waals surface area contributed by atoms with Crippen LogP contribution in [0, 0.1) is 0 Å². The minimum atomic E-state index is -0.147. The van der Waals surface area contributed by atoms with Crippen LogP contribution in [0.1, 0.15) is 18.5 Å². The number of benzene rings is 3. The number of nitrogens with one attached hydrogen (secondary N) is 2. The van der Waals surface area contributed by atoms with Crippen LogP contribution in [0.3, 0.4) is 0 Å². The summed E-state index contributed by atoms with van der Waals surface area (Å²) in [4.78, 5) is 27.6. The molecular weight excluding hydrogens is 418 g/mol. The van der Waals surface area contributed by atoms with E-state index in [4.69, 9.17) is 0 Å². The van der Waals surface area contributed by atoms with Crippen LogP contribution in [0.25, 0.3) is 11.1 Å². The Balaban J connectivity index is 1.48. The lowest BCUT2D eigenvalue weighted by Gasteiger charge is -2.19. The summed E-state index contributed by atoms with van der Waals surface area (Å²) in [6, 6.07) is 25.9. The Morgan fingerprint density at radius 3 is 2.12 bits per heavy atom. The highest BCUT2D eigenvalue weighted by molar-refractivity contribution is 7.98. The monoisotopic (exact) mass is 447 g/mol. The van der Waals surface area contributed by atoms with Crippen LogP contribution in [0.2, 0.25) is 0 Å². The van der Waals surface area contributed by atoms with Crippen LogP contribution < -0.4 is 10.6 Å². The van der Waals surface area contributed by atoms with Crippen molar-refractivity contribution >= 4 is 29.3 Å². The molecule has 0 aliphatic heterocycles. The van der Waals surface area contributed by atoms with Gasteiger partial charge in [0.2, 0.25) is 11.8 Å². The summed E-state index contributed by atoms with van der Waals surface area (Å²) >= 11 is 1.58. The van der Waals surface area contributed by atoms with Crippen molar-refractivity contribution in [3.63, 3.8) is 0 Å². The average molecular weight is 448 g/mol. The number of para-hydroxylation sites is 1. The van der Waals surface area contributed by atoms with Crippen molar-refractivity contribution in [3.8, 4) is 11.1 Å². The number of nitrogens with zero attached hydrogens (tertiary/aromatic N) is 1. The van der Waals surface area contributed by atoms with Gasteiger partial charge >= 0.3 is 0 Å². The standard InChI is InChI=1S/C26H29N3O2S/c1-19(20-13-15-22(16-14-20)21-9-5-4-6-10-21)27-25(30)17-29(2)18-26(31)28-23-11-7-8-12-24(23)32-3/h4-16,19H,17-18H2,1-3H3,(H,27,30)(H,28,31)/t19-/m0/s1. The molecule has 3 aromatic carbocycles. The van der Waals surface area contributed by atoms with Crippen molar-refractivity contribution in [1.82, 2.24) is 10.2 Å². The van der Waals surface area contributed by atoms with Crippen LogP contribution in [0.4, 0.5) is 5.69 Å². The number of likely N-dealkylation sites (N-methyl/N-ethyl adjacent to an activating group) is 1. The van der Waals surface area contributed by atoms with Gasteiger partial charge in [-0.15, -0.1) is 11.8 Å². The smallest absolute Gasteiger partial charge is 0.238 e. The molecular formula is C26H29N3O2S. The molecule has 1 atom stereocenters. The lowest BCUT2D eigenvalue weighted by atomic mass is 10.0. The number of anilines is 1. The van der Waals surface area contributed by atoms with E-state index in [0.717, 1.165) is 27.3 Å². The summed E-state index contributed by atoms with van der Waals surface area (Å²) < 4.78 is 0. The number of thioether (sulfide) groups is 1. The summed E-state index contributed by atoms with van der Waals surface area (Å²) in [7, 11) is 1.76. The van der Waals surface area contributed by atoms with Gasteiger partial charge in [-0.3, -0.25) is 14.5 Å². The molecule has 32 heavy (non-hydrogen) atoms. The number of carbonyl (C=O) groups is 2. The second kappa shape index (κ2) is 11.5. The number of rotatable bonds is 9. The van der Waals surface area contributed by atoms with E-state index in [1.54, 1.807) is 23.7 Å². The molecule has 166 valence electrons. The third-order valence-electron chi connectivity index (χ3n) is 5.10. The van der Waals surface area contributed by atoms with Crippen LogP contribution in [0.5, 0.6) is 0 Å². The van der Waals surface area contributed by atoms with Gasteiger partial charge in [-0.05, 0) is 49.1 Å². The zero-order valence-electron chi connectivity index (χ0n) is 18.7. The molecule has 0 saturated heterocycles. The summed E-state index contributed by atoms with van der Waals surface area (Å²) in [5, 5.41) is 5.93. The minimum absolute atomic E-state index is 0.121. The quantitative estimate of drug-likeness (QED) is 0.462. The van der Waals surface area contributed by atoms with Gasteiger partial charge in [-0.2, -0.15) is 0 Å². The normalized spacial score (nSPS) is 11.8. The van der Waals surface area contributed by atoms with E-state index in [9.17, 15) is 9.59 Å². The first-order valence-electron chi connectivity index (χ1n) is 10.5. The number of hydrogen-bond donors (Lipinski definition) is 2. The Hall–Kier alpha value is -3.09. The van der Waals surface area contributed by atoms with Gasteiger partial charge in [0, 0.05) is 4.90 Å². The summed E-state index contributed by atoms with van der Waals surface area (Å²) in [6.45, 7) is 2.24. The molecule has 0 fully saturated rings. The molecule has 0 aliphatic rings. The van der Waals surface area contributed by atoms with Crippen LogP contribution in [-0.2, 0) is 9.59 Å². The first-order valence-corrected chi connectivity index (χ1v) is 11.7.